The summed E-state index contributed by atoms with van der Waals surface area (Å²) in [6.45, 7) is 15.2. The second-order valence-electron chi connectivity index (χ2n) is 20.1. The minimum Gasteiger partial charge on any atom is -0.496 e. The van der Waals surface area contributed by atoms with E-state index < -0.39 is 45.4 Å². The van der Waals surface area contributed by atoms with Crippen LogP contribution in [0.5, 0.6) is 5.75 Å². The van der Waals surface area contributed by atoms with E-state index in [1.165, 1.54) is 19.6 Å². The standard InChI is InChI=1S/C50H65N5O7/c1-10-31-23-32-26-49(45(58)61-9,40-34(17-21-54(27-31)28-32)33-15-12-13-16-37(33)52-40)36-24-35-38(25-39(36)60-8)53(7)42-48(35)19-22-55-20-14-18-47(11-2,41(48)55)43(62-30(3)56)50(42,59)29-51-44(57)46(4,5)6/h12-16,18,23-25,32,41-43,52,59H,10-11,17,19-22,26-29H2,1-9H3,(H,51,57)/t32-,41-,42+,43+,47+,48+,49-,50?/m0/s1. The van der Waals surface area contributed by atoms with Gasteiger partial charge in [0.1, 0.15) is 22.9 Å². The molecule has 2 unspecified atom stereocenters. The van der Waals surface area contributed by atoms with Gasteiger partial charge in [-0.05, 0) is 67.8 Å². The van der Waals surface area contributed by atoms with Crippen LogP contribution >= 0.6 is 0 Å². The molecule has 2 bridgehead atoms. The van der Waals surface area contributed by atoms with E-state index in [0.717, 1.165) is 78.0 Å². The van der Waals surface area contributed by atoms with E-state index >= 15 is 4.79 Å². The Labute approximate surface area is 366 Å². The third-order valence-corrected chi connectivity index (χ3v) is 15.9. The van der Waals surface area contributed by atoms with Crippen molar-refractivity contribution in [2.24, 2.45) is 16.7 Å². The number of nitrogens with zero attached hydrogens (tertiary/aromatic N) is 3. The van der Waals surface area contributed by atoms with Gasteiger partial charge in [-0.3, -0.25) is 24.2 Å². The van der Waals surface area contributed by atoms with Crippen LogP contribution in [-0.2, 0) is 41.1 Å². The second kappa shape index (κ2) is 15.0. The van der Waals surface area contributed by atoms with Gasteiger partial charge in [-0.25, -0.2) is 0 Å². The van der Waals surface area contributed by atoms with Gasteiger partial charge < -0.3 is 34.5 Å². The van der Waals surface area contributed by atoms with Gasteiger partial charge in [0.15, 0.2) is 0 Å². The minimum atomic E-state index is -1.76. The number of amides is 1. The number of nitrogens with one attached hydrogen (secondary N) is 2. The fraction of sp³-hybridized carbons (Fsp3) is 0.580. The van der Waals surface area contributed by atoms with Crippen molar-refractivity contribution in [3.8, 4) is 5.75 Å². The van der Waals surface area contributed by atoms with Crippen LogP contribution in [0.2, 0.25) is 0 Å². The van der Waals surface area contributed by atoms with E-state index in [1.54, 1.807) is 7.11 Å². The molecule has 2 aromatic carbocycles. The molecule has 12 heteroatoms. The maximum atomic E-state index is 15.4. The molecule has 1 saturated heterocycles. The first kappa shape index (κ1) is 42.6. The van der Waals surface area contributed by atoms with Crippen LogP contribution < -0.4 is 15.0 Å². The number of methoxy groups -OCH3 is 2. The highest BCUT2D eigenvalue weighted by Crippen LogP contribution is 2.68. The summed E-state index contributed by atoms with van der Waals surface area (Å²) < 4.78 is 18.9. The second-order valence-corrected chi connectivity index (χ2v) is 20.1. The van der Waals surface area contributed by atoms with Crippen molar-refractivity contribution in [2.45, 2.75) is 108 Å². The van der Waals surface area contributed by atoms with Gasteiger partial charge in [-0.1, -0.05) is 76.6 Å². The first-order chi connectivity index (χ1) is 29.5. The molecule has 6 aliphatic rings. The number of rotatable bonds is 8. The van der Waals surface area contributed by atoms with Crippen LogP contribution in [-0.4, -0.2) is 122 Å². The lowest BCUT2D eigenvalue weighted by molar-refractivity contribution is -0.217. The molecular weight excluding hydrogens is 783 g/mol. The lowest BCUT2D eigenvalue weighted by Crippen LogP contribution is -2.81. The number of anilines is 1. The molecule has 332 valence electrons. The number of fused-ring (bicyclic) bond motifs is 6. The molecule has 3 N–H and O–H groups in total. The summed E-state index contributed by atoms with van der Waals surface area (Å²) >= 11 is 0. The van der Waals surface area contributed by atoms with E-state index in [4.69, 9.17) is 14.2 Å². The molecule has 1 aliphatic carbocycles. The number of hydrogen-bond acceptors (Lipinski definition) is 10. The van der Waals surface area contributed by atoms with Crippen LogP contribution in [0.25, 0.3) is 10.9 Å². The lowest BCUT2D eigenvalue weighted by Gasteiger charge is -2.64. The number of benzene rings is 2. The number of ether oxygens (including phenoxy) is 3. The zero-order valence-electron chi connectivity index (χ0n) is 38.0. The number of carbonyl (C=O) groups excluding carboxylic acids is 3. The van der Waals surface area contributed by atoms with Crippen LogP contribution in [0.15, 0.2) is 60.2 Å². The Morgan fingerprint density at radius 1 is 1.05 bits per heavy atom. The Balaban J connectivity index is 1.34. The number of para-hydroxylation sites is 1. The summed E-state index contributed by atoms with van der Waals surface area (Å²) in [5.41, 5.74) is 1.53. The Morgan fingerprint density at radius 3 is 2.52 bits per heavy atom. The molecule has 2 fully saturated rings. The van der Waals surface area contributed by atoms with Crippen LogP contribution in [0.1, 0.15) is 89.6 Å². The molecule has 1 spiro atoms. The van der Waals surface area contributed by atoms with E-state index in [2.05, 4.69) is 87.4 Å². The number of likely N-dealkylation sites (N-methyl/N-ethyl adjacent to an activating group) is 1. The first-order valence-corrected chi connectivity index (χ1v) is 22.7. The lowest BCUT2D eigenvalue weighted by atomic mass is 9.47. The SMILES string of the molecule is CCC1=C[C@@H]2CN(CCc3c([nH]c4ccccc34)[C@@](C(=O)OC)(c3cc4c(cc3OC)N(C)[C@H]3C(O)(CNC(=O)C(C)(C)C)[C@H](OC(C)=O)[C@]5(CC)C=CCN6CC[C@]43[C@@H]65)C2)C1. The van der Waals surface area contributed by atoms with E-state index in [1.807, 2.05) is 33.9 Å². The van der Waals surface area contributed by atoms with Crippen molar-refractivity contribution in [2.75, 3.05) is 65.4 Å². The maximum Gasteiger partial charge on any atom is 0.322 e. The molecule has 3 aromatic rings. The number of hydrogen-bond donors (Lipinski definition) is 3. The third-order valence-electron chi connectivity index (χ3n) is 15.9. The van der Waals surface area contributed by atoms with Crippen molar-refractivity contribution in [3.63, 3.8) is 0 Å². The predicted molar refractivity (Wildman–Crippen MR) is 239 cm³/mol. The highest BCUT2D eigenvalue weighted by molar-refractivity contribution is 5.94. The summed E-state index contributed by atoms with van der Waals surface area (Å²) in [7, 11) is 5.15. The van der Waals surface area contributed by atoms with Crippen molar-refractivity contribution in [3.05, 3.63) is 82.6 Å². The van der Waals surface area contributed by atoms with E-state index in [0.29, 0.717) is 31.6 Å². The number of aromatic nitrogens is 1. The molecule has 1 aromatic heterocycles. The molecule has 62 heavy (non-hydrogen) atoms. The first-order valence-electron chi connectivity index (χ1n) is 22.7. The van der Waals surface area contributed by atoms with Crippen molar-refractivity contribution >= 4 is 34.4 Å². The zero-order chi connectivity index (χ0) is 44.1. The van der Waals surface area contributed by atoms with Gasteiger partial charge in [0.2, 0.25) is 5.91 Å². The summed E-state index contributed by atoms with van der Waals surface area (Å²) in [6.07, 6.45) is 9.14. The average molecular weight is 848 g/mol. The number of esters is 2. The predicted octanol–water partition coefficient (Wildman–Crippen LogP) is 5.79. The molecule has 5 aliphatic heterocycles. The molecule has 1 saturated carbocycles. The number of aliphatic hydroxyl groups is 1. The Morgan fingerprint density at radius 2 is 1.82 bits per heavy atom. The highest BCUT2D eigenvalue weighted by Gasteiger charge is 2.78. The molecular formula is C50H65N5O7. The normalized spacial score (nSPS) is 33.5. The number of aromatic amines is 1. The summed E-state index contributed by atoms with van der Waals surface area (Å²) in [5.74, 6) is -0.466. The van der Waals surface area contributed by atoms with E-state index in [-0.39, 0.29) is 30.4 Å². The number of H-pyrrole nitrogens is 1. The number of carbonyl (C=O) groups is 3. The zero-order valence-corrected chi connectivity index (χ0v) is 38.0. The minimum absolute atomic E-state index is 0.0376. The van der Waals surface area contributed by atoms with Crippen LogP contribution in [0.4, 0.5) is 5.69 Å². The summed E-state index contributed by atoms with van der Waals surface area (Å²) in [4.78, 5) is 53.4. The third kappa shape index (κ3) is 5.91. The monoisotopic (exact) mass is 847 g/mol. The van der Waals surface area contributed by atoms with Crippen molar-refractivity contribution in [1.82, 2.24) is 20.1 Å². The Hall–Kier alpha value is -4.65. The van der Waals surface area contributed by atoms with Gasteiger partial charge in [0.05, 0.1) is 26.8 Å². The fourth-order valence-electron chi connectivity index (χ4n) is 13.5. The smallest absolute Gasteiger partial charge is 0.322 e. The average Bonchev–Trinajstić information content (AvgIpc) is 3.92. The maximum absolute atomic E-state index is 15.4. The molecule has 12 nitrogen and oxygen atoms in total. The quantitative estimate of drug-likeness (QED) is 0.189. The molecule has 0 radical (unpaired) electrons. The molecule has 9 rings (SSSR count). The molecule has 9 atom stereocenters. The van der Waals surface area contributed by atoms with Crippen molar-refractivity contribution < 1.29 is 33.7 Å². The van der Waals surface area contributed by atoms with Gasteiger partial charge in [-0.2, -0.15) is 0 Å². The van der Waals surface area contributed by atoms with Crippen molar-refractivity contribution in [1.29, 1.82) is 0 Å². The van der Waals surface area contributed by atoms with Crippen LogP contribution in [0.3, 0.4) is 0 Å². The summed E-state index contributed by atoms with van der Waals surface area (Å²) in [5, 5.41) is 18.0. The van der Waals surface area contributed by atoms with Gasteiger partial charge in [-0.15, -0.1) is 0 Å². The van der Waals surface area contributed by atoms with E-state index in [9.17, 15) is 14.7 Å². The molecule has 1 amide bonds. The fourth-order valence-corrected chi connectivity index (χ4v) is 13.5. The largest absolute Gasteiger partial charge is 0.496 e. The van der Waals surface area contributed by atoms with Gasteiger partial charge in [0.25, 0.3) is 0 Å². The topological polar surface area (TPSA) is 137 Å². The van der Waals surface area contributed by atoms with Crippen LogP contribution in [0, 0.1) is 16.7 Å². The Bertz CT molecular complexity index is 2380. The molecule has 6 heterocycles. The Kier molecular flexibility index (Phi) is 10.3. The highest BCUT2D eigenvalue weighted by atomic mass is 16.6. The van der Waals surface area contributed by atoms with Gasteiger partial charge >= 0.3 is 11.9 Å². The summed E-state index contributed by atoms with van der Waals surface area (Å²) in [6, 6.07) is 11.8. The van der Waals surface area contributed by atoms with Gasteiger partial charge in [0, 0.05) is 96.4 Å².